The van der Waals surface area contributed by atoms with Gasteiger partial charge in [-0.2, -0.15) is 0 Å². The number of anilines is 2. The van der Waals surface area contributed by atoms with Crippen LogP contribution in [-0.4, -0.2) is 67.4 Å². The van der Waals surface area contributed by atoms with E-state index < -0.39 is 18.0 Å². The number of aromatic carboxylic acids is 2. The lowest BCUT2D eigenvalue weighted by atomic mass is 9.92. The summed E-state index contributed by atoms with van der Waals surface area (Å²) in [5, 5.41) is 25.9. The minimum Gasteiger partial charge on any atom is -0.478 e. The topological polar surface area (TPSA) is 117 Å². The summed E-state index contributed by atoms with van der Waals surface area (Å²) in [5.74, 6) is -2.07. The number of carbonyl (C=O) groups is 2. The number of nitrogens with one attached hydrogen (secondary N) is 3. The average molecular weight is 415 g/mol. The van der Waals surface area contributed by atoms with Crippen molar-refractivity contribution in [3.63, 3.8) is 0 Å². The molecule has 0 heterocycles. The Hall–Kier alpha value is -3.14. The molecule has 2 rings (SSSR count). The van der Waals surface area contributed by atoms with E-state index in [2.05, 4.69) is 16.2 Å². The Morgan fingerprint density at radius 3 is 1.83 bits per heavy atom. The Morgan fingerprint density at radius 1 is 0.867 bits per heavy atom. The van der Waals surface area contributed by atoms with Gasteiger partial charge in [0.2, 0.25) is 0 Å². The number of rotatable bonds is 10. The van der Waals surface area contributed by atoms with Gasteiger partial charge in [0.05, 0.1) is 11.1 Å². The molecule has 162 valence electrons. The molecule has 0 radical (unpaired) electrons. The van der Waals surface area contributed by atoms with E-state index in [0.29, 0.717) is 17.5 Å². The molecule has 0 aliphatic heterocycles. The molecular formula is C21H29N5O4. The van der Waals surface area contributed by atoms with Crippen molar-refractivity contribution in [2.45, 2.75) is 12.5 Å². The first kappa shape index (κ1) is 23.1. The second-order valence-electron chi connectivity index (χ2n) is 7.34. The van der Waals surface area contributed by atoms with Gasteiger partial charge in [-0.25, -0.2) is 19.6 Å². The summed E-state index contributed by atoms with van der Waals surface area (Å²) in [6.07, 6.45) is 0.298. The van der Waals surface area contributed by atoms with Gasteiger partial charge in [-0.3, -0.25) is 0 Å². The van der Waals surface area contributed by atoms with Crippen molar-refractivity contribution >= 4 is 23.3 Å². The molecule has 0 amide bonds. The fourth-order valence-corrected chi connectivity index (χ4v) is 3.26. The molecule has 2 aromatic carbocycles. The number of carboxylic acids is 2. The predicted molar refractivity (Wildman–Crippen MR) is 117 cm³/mol. The summed E-state index contributed by atoms with van der Waals surface area (Å²) in [6, 6.07) is 9.64. The van der Waals surface area contributed by atoms with Gasteiger partial charge in [0, 0.05) is 45.6 Å². The third kappa shape index (κ3) is 5.93. The third-order valence-electron chi connectivity index (χ3n) is 4.47. The maximum absolute atomic E-state index is 11.8. The summed E-state index contributed by atoms with van der Waals surface area (Å²) < 4.78 is 0. The second-order valence-corrected chi connectivity index (χ2v) is 7.34. The molecule has 1 unspecified atom stereocenters. The van der Waals surface area contributed by atoms with Gasteiger partial charge in [0.15, 0.2) is 0 Å². The smallest absolute Gasteiger partial charge is 0.336 e. The predicted octanol–water partition coefficient (Wildman–Crippen LogP) is 2.36. The average Bonchev–Trinajstić information content (AvgIpc) is 2.64. The van der Waals surface area contributed by atoms with Crippen molar-refractivity contribution in [1.82, 2.24) is 15.3 Å². The number of likely N-dealkylation sites (N-methyl/N-ethyl adjacent to an activating group) is 1. The molecule has 9 nitrogen and oxygen atoms in total. The lowest BCUT2D eigenvalue weighted by molar-refractivity contribution is 0.0683. The van der Waals surface area contributed by atoms with Gasteiger partial charge in [-0.15, -0.1) is 0 Å². The molecule has 0 aromatic heterocycles. The van der Waals surface area contributed by atoms with Crippen molar-refractivity contribution in [1.29, 1.82) is 0 Å². The van der Waals surface area contributed by atoms with Crippen molar-refractivity contribution < 1.29 is 19.8 Å². The van der Waals surface area contributed by atoms with E-state index in [1.54, 1.807) is 53.5 Å². The maximum atomic E-state index is 11.8. The highest BCUT2D eigenvalue weighted by Crippen LogP contribution is 2.28. The van der Waals surface area contributed by atoms with Crippen LogP contribution in [0.15, 0.2) is 36.4 Å². The molecule has 2 aromatic rings. The maximum Gasteiger partial charge on any atom is 0.336 e. The number of nitrogens with zero attached hydrogens (tertiary/aromatic N) is 2. The monoisotopic (exact) mass is 415 g/mol. The second kappa shape index (κ2) is 10.1. The fourth-order valence-electron chi connectivity index (χ4n) is 3.26. The van der Waals surface area contributed by atoms with Crippen LogP contribution in [0.5, 0.6) is 0 Å². The molecule has 0 spiro atoms. The van der Waals surface area contributed by atoms with Crippen molar-refractivity contribution in [3.05, 3.63) is 58.7 Å². The van der Waals surface area contributed by atoms with Crippen LogP contribution in [-0.2, 0) is 6.42 Å². The minimum absolute atomic E-state index is 0.165. The van der Waals surface area contributed by atoms with E-state index in [-0.39, 0.29) is 11.1 Å². The summed E-state index contributed by atoms with van der Waals surface area (Å²) >= 11 is 0. The Kier molecular flexibility index (Phi) is 7.76. The van der Waals surface area contributed by atoms with Crippen LogP contribution in [0.3, 0.4) is 0 Å². The molecule has 30 heavy (non-hydrogen) atoms. The summed E-state index contributed by atoms with van der Waals surface area (Å²) in [6.45, 7) is 0. The lowest BCUT2D eigenvalue weighted by Crippen LogP contribution is -2.24. The third-order valence-corrected chi connectivity index (χ3v) is 4.47. The zero-order valence-electron chi connectivity index (χ0n) is 17.9. The van der Waals surface area contributed by atoms with E-state index in [0.717, 1.165) is 11.4 Å². The number of benzene rings is 2. The van der Waals surface area contributed by atoms with Crippen LogP contribution in [0.2, 0.25) is 0 Å². The number of hydrogen-bond acceptors (Lipinski definition) is 7. The SMILES string of the molecule is CNC(Cc1cc(NN(C)C)ccc1C(=O)O)c1cc(NN(C)C)ccc1C(=O)O. The van der Waals surface area contributed by atoms with Gasteiger partial charge >= 0.3 is 11.9 Å². The summed E-state index contributed by atoms with van der Waals surface area (Å²) in [4.78, 5) is 23.6. The van der Waals surface area contributed by atoms with Crippen LogP contribution >= 0.6 is 0 Å². The molecule has 9 heteroatoms. The largest absolute Gasteiger partial charge is 0.478 e. The molecule has 0 saturated heterocycles. The minimum atomic E-state index is -1.04. The van der Waals surface area contributed by atoms with Gasteiger partial charge in [-0.05, 0) is 61.0 Å². The van der Waals surface area contributed by atoms with E-state index in [1.165, 1.54) is 0 Å². The Labute approximate surface area is 176 Å². The van der Waals surface area contributed by atoms with Crippen LogP contribution in [0, 0.1) is 0 Å². The lowest BCUT2D eigenvalue weighted by Gasteiger charge is -2.23. The summed E-state index contributed by atoms with van der Waals surface area (Å²) in [7, 11) is 9.07. The van der Waals surface area contributed by atoms with E-state index in [4.69, 9.17) is 0 Å². The van der Waals surface area contributed by atoms with Gasteiger partial charge < -0.3 is 26.4 Å². The van der Waals surface area contributed by atoms with Gasteiger partial charge in [-0.1, -0.05) is 0 Å². The Balaban J connectivity index is 2.50. The van der Waals surface area contributed by atoms with Crippen molar-refractivity contribution in [2.24, 2.45) is 0 Å². The van der Waals surface area contributed by atoms with E-state index in [9.17, 15) is 19.8 Å². The first-order chi connectivity index (χ1) is 14.1. The first-order valence-electron chi connectivity index (χ1n) is 9.41. The number of carboxylic acid groups (broad SMARTS) is 2. The van der Waals surface area contributed by atoms with Crippen LogP contribution < -0.4 is 16.2 Å². The highest BCUT2D eigenvalue weighted by Gasteiger charge is 2.22. The van der Waals surface area contributed by atoms with Crippen molar-refractivity contribution in [2.75, 3.05) is 46.1 Å². The summed E-state index contributed by atoms with van der Waals surface area (Å²) in [5.41, 5.74) is 9.22. The molecule has 0 aliphatic carbocycles. The first-order valence-corrected chi connectivity index (χ1v) is 9.41. The highest BCUT2D eigenvalue weighted by molar-refractivity contribution is 5.91. The Bertz CT molecular complexity index is 914. The van der Waals surface area contributed by atoms with Gasteiger partial charge in [0.1, 0.15) is 0 Å². The molecule has 0 fully saturated rings. The zero-order chi connectivity index (χ0) is 22.4. The van der Waals surface area contributed by atoms with E-state index >= 15 is 0 Å². The number of hydrazine groups is 2. The molecule has 1 atom stereocenters. The van der Waals surface area contributed by atoms with Crippen LogP contribution in [0.4, 0.5) is 11.4 Å². The van der Waals surface area contributed by atoms with Crippen LogP contribution in [0.1, 0.15) is 37.9 Å². The Morgan fingerprint density at radius 2 is 1.37 bits per heavy atom. The molecule has 5 N–H and O–H groups in total. The quantitative estimate of drug-likeness (QED) is 0.373. The van der Waals surface area contributed by atoms with E-state index in [1.807, 2.05) is 28.2 Å². The highest BCUT2D eigenvalue weighted by atomic mass is 16.4. The van der Waals surface area contributed by atoms with Gasteiger partial charge in [0.25, 0.3) is 0 Å². The fraction of sp³-hybridized carbons (Fsp3) is 0.333. The molecule has 0 bridgehead atoms. The normalized spacial score (nSPS) is 12.1. The molecular weight excluding hydrogens is 386 g/mol. The zero-order valence-corrected chi connectivity index (χ0v) is 17.9. The van der Waals surface area contributed by atoms with Crippen LogP contribution in [0.25, 0.3) is 0 Å². The standard InChI is InChI=1S/C21H29N5O4/c1-22-19(18-12-15(24-26(4)5)7-9-17(18)21(29)30)11-13-10-14(23-25(2)3)6-8-16(13)20(27)28/h6-10,12,19,22-24H,11H2,1-5H3,(H,27,28)(H,29,30). The number of hydrogen-bond donors (Lipinski definition) is 5. The molecule has 0 saturated carbocycles. The molecule has 0 aliphatic rings. The van der Waals surface area contributed by atoms with Crippen molar-refractivity contribution in [3.8, 4) is 0 Å².